The second kappa shape index (κ2) is 10.7. The Bertz CT molecular complexity index is 2500. The standard InChI is InChI=1S/C37H25ClN4O2S/c38-45(43,44)33-22-32-36(25-14-8-3-9-15-25)30-19-18-27(40-30)34(23-10-4-1-5-11-23)26-16-17-28(39-26)35(24-12-6-2-7-13-24)29-20-21-31(41-29)37(33)42-32/h1-22,39-40,42H. The molecular weight excluding hydrogens is 600 g/mol. The van der Waals surface area contributed by atoms with Gasteiger partial charge in [0.25, 0.3) is 9.05 Å². The van der Waals surface area contributed by atoms with Crippen LogP contribution >= 0.6 is 10.7 Å². The minimum Gasteiger partial charge on any atom is -0.354 e. The summed E-state index contributed by atoms with van der Waals surface area (Å²) in [6, 6.07) is 40.0. The van der Waals surface area contributed by atoms with E-state index in [0.29, 0.717) is 22.4 Å². The summed E-state index contributed by atoms with van der Waals surface area (Å²) in [5.41, 5.74) is 11.2. The van der Waals surface area contributed by atoms with Gasteiger partial charge >= 0.3 is 0 Å². The minimum absolute atomic E-state index is 0.0314. The summed E-state index contributed by atoms with van der Waals surface area (Å²) < 4.78 is 26.0. The molecule has 3 N–H and O–H groups in total. The molecule has 0 fully saturated rings. The molecular formula is C37H25ClN4O2S. The van der Waals surface area contributed by atoms with Crippen LogP contribution in [-0.2, 0) is 9.05 Å². The summed E-state index contributed by atoms with van der Waals surface area (Å²) in [6.07, 6.45) is 3.74. The van der Waals surface area contributed by atoms with Gasteiger partial charge in [0.1, 0.15) is 4.90 Å². The topological polar surface area (TPSA) is 94.4 Å². The molecule has 1 aliphatic heterocycles. The number of aromatic nitrogens is 4. The lowest BCUT2D eigenvalue weighted by molar-refractivity contribution is 0.610. The number of halogens is 1. The first-order chi connectivity index (χ1) is 21.9. The lowest BCUT2D eigenvalue weighted by Gasteiger charge is -2.05. The Morgan fingerprint density at radius 1 is 0.489 bits per heavy atom. The van der Waals surface area contributed by atoms with Crippen LogP contribution in [0.1, 0.15) is 11.4 Å². The van der Waals surface area contributed by atoms with Crippen molar-refractivity contribution in [3.8, 4) is 33.4 Å². The molecule has 0 radical (unpaired) electrons. The number of H-pyrrole nitrogens is 3. The van der Waals surface area contributed by atoms with E-state index in [1.54, 1.807) is 6.07 Å². The van der Waals surface area contributed by atoms with Crippen molar-refractivity contribution < 1.29 is 8.42 Å². The third-order valence-corrected chi connectivity index (χ3v) is 9.45. The SMILES string of the molecule is O=S(=O)(Cl)c1cc2[nH]c1c1nc(c(-c3ccccc3)c3ccc([nH]3)c(-c3ccccc3)c3ccc([nH]3)c2-c2ccccc2)C=C1. The maximum Gasteiger partial charge on any atom is 0.263 e. The quantitative estimate of drug-likeness (QED) is 0.170. The van der Waals surface area contributed by atoms with Gasteiger partial charge in [-0.25, -0.2) is 13.4 Å². The van der Waals surface area contributed by atoms with Crippen LogP contribution in [-0.4, -0.2) is 28.4 Å². The molecule has 3 aromatic carbocycles. The molecule has 1 aliphatic rings. The predicted molar refractivity (Wildman–Crippen MR) is 185 cm³/mol. The molecule has 0 saturated carbocycles. The molecule has 0 unspecified atom stereocenters. The molecule has 8 heteroatoms. The molecule has 45 heavy (non-hydrogen) atoms. The molecule has 6 nitrogen and oxygen atoms in total. The Morgan fingerprint density at radius 3 is 1.40 bits per heavy atom. The highest BCUT2D eigenvalue weighted by atomic mass is 35.7. The van der Waals surface area contributed by atoms with Crippen molar-refractivity contribution in [1.29, 1.82) is 0 Å². The van der Waals surface area contributed by atoms with E-state index < -0.39 is 9.05 Å². The second-order valence-electron chi connectivity index (χ2n) is 10.9. The summed E-state index contributed by atoms with van der Waals surface area (Å²) in [5, 5.41) is 0. The van der Waals surface area contributed by atoms with Crippen LogP contribution in [0.2, 0.25) is 0 Å². The highest BCUT2D eigenvalue weighted by molar-refractivity contribution is 8.14. The van der Waals surface area contributed by atoms with Crippen molar-refractivity contribution in [1.82, 2.24) is 19.9 Å². The van der Waals surface area contributed by atoms with Crippen molar-refractivity contribution in [3.05, 3.63) is 133 Å². The maximum atomic E-state index is 13.0. The monoisotopic (exact) mass is 624 g/mol. The van der Waals surface area contributed by atoms with E-state index in [4.69, 9.17) is 15.7 Å². The number of benzene rings is 3. The highest BCUT2D eigenvalue weighted by Crippen LogP contribution is 2.37. The maximum absolute atomic E-state index is 13.0. The Morgan fingerprint density at radius 2 is 0.911 bits per heavy atom. The largest absolute Gasteiger partial charge is 0.354 e. The third-order valence-electron chi connectivity index (χ3n) is 8.10. The molecule has 0 spiro atoms. The van der Waals surface area contributed by atoms with Crippen molar-refractivity contribution in [2.75, 3.05) is 0 Å². The van der Waals surface area contributed by atoms with E-state index in [1.807, 2.05) is 97.1 Å². The zero-order valence-electron chi connectivity index (χ0n) is 23.8. The van der Waals surface area contributed by atoms with Crippen LogP contribution in [0, 0.1) is 0 Å². The number of nitrogens with zero attached hydrogens (tertiary/aromatic N) is 1. The second-order valence-corrected chi connectivity index (χ2v) is 13.4. The van der Waals surface area contributed by atoms with Gasteiger partial charge in [-0.3, -0.25) is 0 Å². The molecule has 218 valence electrons. The number of hydrogen-bond acceptors (Lipinski definition) is 3. The van der Waals surface area contributed by atoms with Gasteiger partial charge in [0.15, 0.2) is 0 Å². The normalized spacial score (nSPS) is 12.2. The average molecular weight is 625 g/mol. The van der Waals surface area contributed by atoms with Crippen molar-refractivity contribution in [2.24, 2.45) is 0 Å². The first-order valence-electron chi connectivity index (χ1n) is 14.4. The van der Waals surface area contributed by atoms with Gasteiger partial charge in [-0.15, -0.1) is 0 Å². The van der Waals surface area contributed by atoms with E-state index in [-0.39, 0.29) is 4.90 Å². The fourth-order valence-electron chi connectivity index (χ4n) is 6.13. The van der Waals surface area contributed by atoms with Gasteiger partial charge in [-0.2, -0.15) is 0 Å². The number of fused-ring (bicyclic) bond motifs is 9. The van der Waals surface area contributed by atoms with E-state index in [1.165, 1.54) is 0 Å². The number of hydrogen-bond donors (Lipinski definition) is 3. The smallest absolute Gasteiger partial charge is 0.263 e. The predicted octanol–water partition coefficient (Wildman–Crippen LogP) is 9.62. The molecule has 0 atom stereocenters. The van der Waals surface area contributed by atoms with Crippen molar-refractivity contribution in [3.63, 3.8) is 0 Å². The lowest BCUT2D eigenvalue weighted by atomic mass is 10.0. The molecule has 7 aromatic rings. The van der Waals surface area contributed by atoms with Gasteiger partial charge < -0.3 is 15.0 Å². The van der Waals surface area contributed by atoms with E-state index in [2.05, 4.69) is 45.3 Å². The van der Waals surface area contributed by atoms with Gasteiger partial charge in [-0.1, -0.05) is 91.0 Å². The Hall–Kier alpha value is -5.37. The first kappa shape index (κ1) is 27.2. The van der Waals surface area contributed by atoms with Crippen LogP contribution in [0.25, 0.3) is 78.6 Å². The van der Waals surface area contributed by atoms with E-state index in [0.717, 1.165) is 55.4 Å². The minimum atomic E-state index is -4.13. The summed E-state index contributed by atoms with van der Waals surface area (Å²) >= 11 is 0. The van der Waals surface area contributed by atoms with Gasteiger partial charge in [0.2, 0.25) is 0 Å². The van der Waals surface area contributed by atoms with Crippen molar-refractivity contribution >= 4 is 65.0 Å². The molecule has 0 amide bonds. The molecule has 4 aromatic heterocycles. The summed E-state index contributed by atoms with van der Waals surface area (Å²) in [5.74, 6) is 0. The van der Waals surface area contributed by atoms with Gasteiger partial charge in [-0.05, 0) is 59.2 Å². The zero-order valence-corrected chi connectivity index (χ0v) is 25.3. The lowest BCUT2D eigenvalue weighted by Crippen LogP contribution is -1.90. The molecule has 8 rings (SSSR count). The average Bonchev–Trinajstić information content (AvgIpc) is 3.87. The number of nitrogens with one attached hydrogen (secondary N) is 3. The number of aromatic amines is 3. The fourth-order valence-corrected chi connectivity index (χ4v) is 7.16. The van der Waals surface area contributed by atoms with Gasteiger partial charge in [0.05, 0.1) is 16.9 Å². The van der Waals surface area contributed by atoms with Crippen LogP contribution in [0.5, 0.6) is 0 Å². The van der Waals surface area contributed by atoms with Crippen molar-refractivity contribution in [2.45, 2.75) is 4.90 Å². The summed E-state index contributed by atoms with van der Waals surface area (Å²) in [6.45, 7) is 0. The van der Waals surface area contributed by atoms with E-state index in [9.17, 15) is 8.42 Å². The first-order valence-corrected chi connectivity index (χ1v) is 16.7. The Kier molecular flexibility index (Phi) is 6.44. The summed E-state index contributed by atoms with van der Waals surface area (Å²) in [4.78, 5) is 15.7. The van der Waals surface area contributed by atoms with Crippen LogP contribution < -0.4 is 0 Å². The van der Waals surface area contributed by atoms with Gasteiger partial charge in [0, 0.05) is 55.0 Å². The van der Waals surface area contributed by atoms with Crippen LogP contribution in [0.4, 0.5) is 0 Å². The van der Waals surface area contributed by atoms with E-state index >= 15 is 0 Å². The number of rotatable bonds is 4. The molecule has 0 saturated heterocycles. The zero-order chi connectivity index (χ0) is 30.5. The third kappa shape index (κ3) is 4.83. The molecule has 5 heterocycles. The highest BCUT2D eigenvalue weighted by Gasteiger charge is 2.21. The Balaban J connectivity index is 1.62. The molecule has 0 aliphatic carbocycles. The van der Waals surface area contributed by atoms with Crippen LogP contribution in [0.15, 0.2) is 126 Å². The summed E-state index contributed by atoms with van der Waals surface area (Å²) in [7, 11) is 1.93. The fraction of sp³-hybridized carbons (Fsp3) is 0. The van der Waals surface area contributed by atoms with Crippen LogP contribution in [0.3, 0.4) is 0 Å². The molecule has 8 bridgehead atoms. The Labute approximate surface area is 263 Å².